The maximum atomic E-state index is 11.2. The Hall–Kier alpha value is -1.71. The smallest absolute Gasteiger partial charge is 0.228 e. The van der Waals surface area contributed by atoms with Crippen molar-refractivity contribution >= 4 is 17.3 Å². The number of ether oxygens (including phenoxy) is 1. The summed E-state index contributed by atoms with van der Waals surface area (Å²) < 4.78 is 5.16. The molecule has 1 aliphatic rings. The van der Waals surface area contributed by atoms with E-state index in [0.717, 1.165) is 12.2 Å². The van der Waals surface area contributed by atoms with Gasteiger partial charge in [-0.2, -0.15) is 0 Å². The van der Waals surface area contributed by atoms with E-state index >= 15 is 0 Å². The fourth-order valence-corrected chi connectivity index (χ4v) is 1.49. The Bertz CT molecular complexity index is 376. The minimum atomic E-state index is 0.119. The topological polar surface area (TPSA) is 55.6 Å². The summed E-state index contributed by atoms with van der Waals surface area (Å²) in [7, 11) is 1.58. The van der Waals surface area contributed by atoms with Crippen molar-refractivity contribution in [3.8, 4) is 5.75 Å². The van der Waals surface area contributed by atoms with Gasteiger partial charge in [-0.05, 0) is 18.2 Å². The molecule has 1 amide bonds. The van der Waals surface area contributed by atoms with Crippen molar-refractivity contribution in [3.63, 3.8) is 0 Å². The van der Waals surface area contributed by atoms with E-state index in [0.29, 0.717) is 17.9 Å². The molecule has 0 unspecified atom stereocenters. The first kappa shape index (κ1) is 8.87. The second-order valence-electron chi connectivity index (χ2n) is 3.23. The van der Waals surface area contributed by atoms with Crippen LogP contribution in [-0.2, 0) is 4.79 Å². The highest BCUT2D eigenvalue weighted by Crippen LogP contribution is 2.33. The highest BCUT2D eigenvalue weighted by atomic mass is 16.5. The molecular formula is C10H12N2O2. The SMILES string of the molecule is COc1ccc(N)cc1N1CCC1=O. The van der Waals surface area contributed by atoms with Crippen molar-refractivity contribution in [2.75, 3.05) is 24.3 Å². The predicted octanol–water partition coefficient (Wildman–Crippen LogP) is 1.01. The lowest BCUT2D eigenvalue weighted by molar-refractivity contribution is -0.122. The number of nitrogen functional groups attached to an aromatic ring is 1. The lowest BCUT2D eigenvalue weighted by atomic mass is 10.1. The standard InChI is InChI=1S/C10H12N2O2/c1-14-9-3-2-7(11)6-8(9)12-5-4-10(12)13/h2-3,6H,4-5,11H2,1H3. The summed E-state index contributed by atoms with van der Waals surface area (Å²) in [4.78, 5) is 12.9. The molecule has 1 aromatic carbocycles. The number of benzene rings is 1. The van der Waals surface area contributed by atoms with E-state index in [-0.39, 0.29) is 5.91 Å². The number of hydrogen-bond acceptors (Lipinski definition) is 3. The van der Waals surface area contributed by atoms with Crippen LogP contribution in [0.3, 0.4) is 0 Å². The van der Waals surface area contributed by atoms with E-state index in [9.17, 15) is 4.79 Å². The van der Waals surface area contributed by atoms with Crippen molar-refractivity contribution in [2.45, 2.75) is 6.42 Å². The second kappa shape index (κ2) is 3.21. The van der Waals surface area contributed by atoms with Gasteiger partial charge in [-0.25, -0.2) is 0 Å². The van der Waals surface area contributed by atoms with Crippen LogP contribution < -0.4 is 15.4 Å². The lowest BCUT2D eigenvalue weighted by Gasteiger charge is -2.31. The summed E-state index contributed by atoms with van der Waals surface area (Å²) in [6.45, 7) is 0.749. The fraction of sp³-hybridized carbons (Fsp3) is 0.300. The number of anilines is 2. The Morgan fingerprint density at radius 1 is 1.50 bits per heavy atom. The van der Waals surface area contributed by atoms with Crippen molar-refractivity contribution in [1.82, 2.24) is 0 Å². The molecule has 1 fully saturated rings. The number of amides is 1. The number of nitrogens with two attached hydrogens (primary N) is 1. The Morgan fingerprint density at radius 3 is 2.79 bits per heavy atom. The molecule has 0 radical (unpaired) electrons. The average molecular weight is 192 g/mol. The molecule has 1 saturated heterocycles. The van der Waals surface area contributed by atoms with Crippen LogP contribution in [-0.4, -0.2) is 19.6 Å². The zero-order valence-corrected chi connectivity index (χ0v) is 7.99. The van der Waals surface area contributed by atoms with Gasteiger partial charge >= 0.3 is 0 Å². The summed E-state index contributed by atoms with van der Waals surface area (Å²) in [6.07, 6.45) is 0.609. The molecule has 4 heteroatoms. The maximum absolute atomic E-state index is 11.2. The van der Waals surface area contributed by atoms with Gasteiger partial charge in [0.1, 0.15) is 5.75 Å². The first-order valence-electron chi connectivity index (χ1n) is 4.46. The van der Waals surface area contributed by atoms with Gasteiger partial charge in [0.2, 0.25) is 5.91 Å². The van der Waals surface area contributed by atoms with Crippen LogP contribution in [0.15, 0.2) is 18.2 Å². The quantitative estimate of drug-likeness (QED) is 0.562. The summed E-state index contributed by atoms with van der Waals surface area (Å²) >= 11 is 0. The molecule has 1 heterocycles. The highest BCUT2D eigenvalue weighted by Gasteiger charge is 2.27. The summed E-state index contributed by atoms with van der Waals surface area (Å²) in [6, 6.07) is 5.29. The van der Waals surface area contributed by atoms with E-state index in [4.69, 9.17) is 10.5 Å². The minimum Gasteiger partial charge on any atom is -0.495 e. The highest BCUT2D eigenvalue weighted by molar-refractivity contribution is 6.01. The van der Waals surface area contributed by atoms with Crippen LogP contribution in [0.2, 0.25) is 0 Å². The molecule has 2 rings (SSSR count). The van der Waals surface area contributed by atoms with Crippen molar-refractivity contribution in [2.24, 2.45) is 0 Å². The summed E-state index contributed by atoms with van der Waals surface area (Å²) in [5, 5.41) is 0. The van der Waals surface area contributed by atoms with Gasteiger partial charge in [0.25, 0.3) is 0 Å². The third-order valence-corrected chi connectivity index (χ3v) is 2.34. The molecule has 74 valence electrons. The monoisotopic (exact) mass is 192 g/mol. The summed E-state index contributed by atoms with van der Waals surface area (Å²) in [5.41, 5.74) is 7.06. The molecule has 0 bridgehead atoms. The molecular weight excluding hydrogens is 180 g/mol. The van der Waals surface area contributed by atoms with Crippen molar-refractivity contribution < 1.29 is 9.53 Å². The number of nitrogens with zero attached hydrogens (tertiary/aromatic N) is 1. The maximum Gasteiger partial charge on any atom is 0.228 e. The molecule has 1 aromatic rings. The van der Waals surface area contributed by atoms with Crippen LogP contribution in [0.25, 0.3) is 0 Å². The van der Waals surface area contributed by atoms with Gasteiger partial charge in [0.15, 0.2) is 0 Å². The van der Waals surface area contributed by atoms with E-state index in [1.165, 1.54) is 0 Å². The average Bonchev–Trinajstić information content (AvgIpc) is 2.16. The third kappa shape index (κ3) is 1.28. The van der Waals surface area contributed by atoms with E-state index in [2.05, 4.69) is 0 Å². The number of rotatable bonds is 2. The van der Waals surface area contributed by atoms with Gasteiger partial charge in [-0.1, -0.05) is 0 Å². The normalized spacial score (nSPS) is 15.2. The summed E-state index contributed by atoms with van der Waals surface area (Å²) in [5.74, 6) is 0.807. The minimum absolute atomic E-state index is 0.119. The predicted molar refractivity (Wildman–Crippen MR) is 54.4 cm³/mol. The van der Waals surface area contributed by atoms with Crippen LogP contribution in [0.1, 0.15) is 6.42 Å². The zero-order valence-electron chi connectivity index (χ0n) is 7.99. The van der Waals surface area contributed by atoms with E-state index in [1.54, 1.807) is 30.2 Å². The van der Waals surface area contributed by atoms with Crippen molar-refractivity contribution in [1.29, 1.82) is 0 Å². The van der Waals surface area contributed by atoms with Gasteiger partial charge in [0, 0.05) is 18.7 Å². The van der Waals surface area contributed by atoms with Gasteiger partial charge in [-0.15, -0.1) is 0 Å². The lowest BCUT2D eigenvalue weighted by Crippen LogP contribution is -2.43. The Morgan fingerprint density at radius 2 is 2.29 bits per heavy atom. The Labute approximate surface area is 82.3 Å². The number of carbonyl (C=O) groups excluding carboxylic acids is 1. The second-order valence-corrected chi connectivity index (χ2v) is 3.23. The first-order chi connectivity index (χ1) is 6.72. The molecule has 14 heavy (non-hydrogen) atoms. The molecule has 4 nitrogen and oxygen atoms in total. The van der Waals surface area contributed by atoms with Gasteiger partial charge in [-0.3, -0.25) is 4.79 Å². The van der Waals surface area contributed by atoms with Crippen LogP contribution >= 0.6 is 0 Å². The molecule has 0 aromatic heterocycles. The Balaban J connectivity index is 2.39. The first-order valence-corrected chi connectivity index (χ1v) is 4.46. The number of carbonyl (C=O) groups is 1. The van der Waals surface area contributed by atoms with Crippen LogP contribution in [0.4, 0.5) is 11.4 Å². The van der Waals surface area contributed by atoms with E-state index in [1.807, 2.05) is 0 Å². The van der Waals surface area contributed by atoms with Crippen molar-refractivity contribution in [3.05, 3.63) is 18.2 Å². The molecule has 0 atom stereocenters. The van der Waals surface area contributed by atoms with Crippen LogP contribution in [0.5, 0.6) is 5.75 Å². The van der Waals surface area contributed by atoms with E-state index < -0.39 is 0 Å². The zero-order chi connectivity index (χ0) is 10.1. The van der Waals surface area contributed by atoms with Gasteiger partial charge in [0.05, 0.1) is 12.8 Å². The van der Waals surface area contributed by atoms with Gasteiger partial charge < -0.3 is 15.4 Å². The molecule has 0 saturated carbocycles. The fourth-order valence-electron chi connectivity index (χ4n) is 1.49. The largest absolute Gasteiger partial charge is 0.495 e. The Kier molecular flexibility index (Phi) is 2.04. The molecule has 0 spiro atoms. The number of hydrogen-bond donors (Lipinski definition) is 1. The number of methoxy groups -OCH3 is 1. The number of β-lactam (4-membered cyclic amide) rings is 1. The third-order valence-electron chi connectivity index (χ3n) is 2.34. The molecule has 2 N–H and O–H groups in total. The molecule has 1 aliphatic heterocycles. The van der Waals surface area contributed by atoms with Crippen LogP contribution in [0, 0.1) is 0 Å². The molecule has 0 aliphatic carbocycles.